The number of fused-ring (bicyclic) bond motifs is 2. The van der Waals surface area contributed by atoms with Gasteiger partial charge in [-0.1, -0.05) is 30.4 Å². The maximum atomic E-state index is 12.5. The van der Waals surface area contributed by atoms with Crippen molar-refractivity contribution in [1.82, 2.24) is 25.2 Å². The summed E-state index contributed by atoms with van der Waals surface area (Å²) in [6, 6.07) is 0.337. The second-order valence-corrected chi connectivity index (χ2v) is 9.27. The Balaban J connectivity index is 1.55. The van der Waals surface area contributed by atoms with E-state index in [0.717, 1.165) is 48.5 Å². The van der Waals surface area contributed by atoms with Crippen molar-refractivity contribution >= 4 is 33.4 Å². The molecule has 1 N–H and O–H groups in total. The number of nitrogens with zero attached hydrogens (tertiary/aromatic N) is 5. The fourth-order valence-electron chi connectivity index (χ4n) is 4.25. The van der Waals surface area contributed by atoms with Crippen LogP contribution < -0.4 is 10.2 Å². The van der Waals surface area contributed by atoms with E-state index in [4.69, 9.17) is 0 Å². The Morgan fingerprint density at radius 2 is 2.25 bits per heavy atom. The fourth-order valence-corrected chi connectivity index (χ4v) is 5.06. The topological polar surface area (TPSA) is 74.2 Å². The van der Waals surface area contributed by atoms with Gasteiger partial charge in [-0.15, -0.1) is 0 Å². The van der Waals surface area contributed by atoms with Crippen LogP contribution in [-0.4, -0.2) is 65.5 Å². The third kappa shape index (κ3) is 3.63. The molecule has 1 fully saturated rings. The molecule has 2 unspecified atom stereocenters. The van der Waals surface area contributed by atoms with Gasteiger partial charge in [0.15, 0.2) is 10.8 Å². The average Bonchev–Trinajstić information content (AvgIpc) is 3.25. The Labute approximate surface area is 169 Å². The van der Waals surface area contributed by atoms with E-state index in [-0.39, 0.29) is 11.3 Å². The van der Waals surface area contributed by atoms with Crippen molar-refractivity contribution < 1.29 is 4.79 Å². The molecular weight excluding hydrogens is 372 g/mol. The van der Waals surface area contributed by atoms with Gasteiger partial charge in [0.25, 0.3) is 5.91 Å². The van der Waals surface area contributed by atoms with Gasteiger partial charge in [0, 0.05) is 13.1 Å². The molecule has 2 aromatic heterocycles. The van der Waals surface area contributed by atoms with Gasteiger partial charge < -0.3 is 15.1 Å². The molecular formula is C20H28N6OS. The number of amides is 1. The number of carbonyl (C=O) groups excluding carboxylic acids is 1. The Bertz CT molecular complexity index is 894. The molecule has 150 valence electrons. The zero-order chi connectivity index (χ0) is 19.7. The third-order valence-corrected chi connectivity index (χ3v) is 6.85. The summed E-state index contributed by atoms with van der Waals surface area (Å²) in [5, 5.41) is 3.43. The predicted molar refractivity (Wildman–Crippen MR) is 113 cm³/mol. The smallest absolute Gasteiger partial charge is 0.280 e. The van der Waals surface area contributed by atoms with Crippen LogP contribution in [-0.2, 0) is 0 Å². The van der Waals surface area contributed by atoms with Gasteiger partial charge >= 0.3 is 0 Å². The number of allylic oxidation sites excluding steroid dienone is 1. The van der Waals surface area contributed by atoms with Crippen LogP contribution in [0.3, 0.4) is 0 Å². The molecule has 1 aliphatic heterocycles. The second-order valence-electron chi connectivity index (χ2n) is 8.29. The van der Waals surface area contributed by atoms with E-state index in [2.05, 4.69) is 49.1 Å². The minimum atomic E-state index is -0.128. The van der Waals surface area contributed by atoms with Crippen molar-refractivity contribution in [2.24, 2.45) is 5.41 Å². The molecule has 0 spiro atoms. The van der Waals surface area contributed by atoms with E-state index in [9.17, 15) is 4.79 Å². The van der Waals surface area contributed by atoms with Gasteiger partial charge in [-0.2, -0.15) is 0 Å². The summed E-state index contributed by atoms with van der Waals surface area (Å²) in [5.41, 5.74) is 1.03. The van der Waals surface area contributed by atoms with Crippen LogP contribution in [0, 0.1) is 5.41 Å². The average molecular weight is 401 g/mol. The summed E-state index contributed by atoms with van der Waals surface area (Å²) in [5.74, 6) is 0.727. The molecule has 3 heterocycles. The normalized spacial score (nSPS) is 24.1. The molecule has 2 aliphatic rings. The standard InChI is InChI=1S/C20H28N6OS/c1-20-8-5-4-7-14(20)26(12-9-20)16-15-18(23-13-22-16)28-19(24-15)17(27)21-10-6-11-25(2)3/h4,7,13-14H,5-6,8-12H2,1-3H3,(H,21,27). The summed E-state index contributed by atoms with van der Waals surface area (Å²) in [6.07, 6.45) is 10.6. The molecule has 0 radical (unpaired) electrons. The van der Waals surface area contributed by atoms with Gasteiger partial charge in [0.05, 0.1) is 6.04 Å². The summed E-state index contributed by atoms with van der Waals surface area (Å²) in [4.78, 5) is 31.3. The molecule has 0 bridgehead atoms. The van der Waals surface area contributed by atoms with E-state index >= 15 is 0 Å². The zero-order valence-electron chi connectivity index (χ0n) is 16.8. The number of rotatable bonds is 6. The minimum absolute atomic E-state index is 0.128. The molecule has 1 aliphatic carbocycles. The number of hydrogen-bond donors (Lipinski definition) is 1. The Hall–Kier alpha value is -2.06. The fraction of sp³-hybridized carbons (Fsp3) is 0.600. The molecule has 1 amide bonds. The van der Waals surface area contributed by atoms with Crippen LogP contribution >= 0.6 is 11.3 Å². The van der Waals surface area contributed by atoms with Crippen molar-refractivity contribution in [1.29, 1.82) is 0 Å². The van der Waals surface area contributed by atoms with E-state index in [1.807, 2.05) is 14.1 Å². The lowest BCUT2D eigenvalue weighted by Gasteiger charge is -2.36. The molecule has 1 saturated heterocycles. The summed E-state index contributed by atoms with van der Waals surface area (Å²) < 4.78 is 0. The first kappa shape index (κ1) is 19.3. The molecule has 28 heavy (non-hydrogen) atoms. The highest BCUT2D eigenvalue weighted by Gasteiger charge is 2.44. The Kier molecular flexibility index (Phi) is 5.33. The summed E-state index contributed by atoms with van der Waals surface area (Å²) in [7, 11) is 4.06. The van der Waals surface area contributed by atoms with Crippen LogP contribution in [0.2, 0.25) is 0 Å². The van der Waals surface area contributed by atoms with Gasteiger partial charge in [0.2, 0.25) is 0 Å². The number of carbonyl (C=O) groups is 1. The van der Waals surface area contributed by atoms with Crippen molar-refractivity contribution in [3.63, 3.8) is 0 Å². The van der Waals surface area contributed by atoms with Crippen molar-refractivity contribution in [3.8, 4) is 0 Å². The van der Waals surface area contributed by atoms with Crippen LogP contribution in [0.15, 0.2) is 18.5 Å². The first-order valence-electron chi connectivity index (χ1n) is 9.96. The zero-order valence-corrected chi connectivity index (χ0v) is 17.6. The lowest BCUT2D eigenvalue weighted by Crippen LogP contribution is -2.38. The lowest BCUT2D eigenvalue weighted by molar-refractivity contribution is 0.0952. The maximum absolute atomic E-state index is 12.5. The molecule has 0 aromatic carbocycles. The first-order chi connectivity index (χ1) is 13.5. The van der Waals surface area contributed by atoms with Crippen LogP contribution in [0.25, 0.3) is 10.3 Å². The number of nitrogens with one attached hydrogen (secondary N) is 1. The van der Waals surface area contributed by atoms with E-state index in [1.165, 1.54) is 17.8 Å². The van der Waals surface area contributed by atoms with E-state index in [1.54, 1.807) is 6.33 Å². The van der Waals surface area contributed by atoms with Crippen molar-refractivity contribution in [3.05, 3.63) is 23.5 Å². The minimum Gasteiger partial charge on any atom is -0.350 e. The van der Waals surface area contributed by atoms with E-state index < -0.39 is 0 Å². The molecule has 2 atom stereocenters. The highest BCUT2D eigenvalue weighted by Crippen LogP contribution is 2.46. The molecule has 2 aromatic rings. The number of aromatic nitrogens is 3. The number of thiazole rings is 1. The van der Waals surface area contributed by atoms with Crippen LogP contribution in [0.1, 0.15) is 42.4 Å². The predicted octanol–water partition coefficient (Wildman–Crippen LogP) is 2.70. The Morgan fingerprint density at radius 1 is 1.39 bits per heavy atom. The van der Waals surface area contributed by atoms with E-state index in [0.29, 0.717) is 17.6 Å². The largest absolute Gasteiger partial charge is 0.350 e. The van der Waals surface area contributed by atoms with Gasteiger partial charge in [-0.25, -0.2) is 15.0 Å². The highest BCUT2D eigenvalue weighted by molar-refractivity contribution is 7.19. The number of anilines is 1. The van der Waals surface area contributed by atoms with Crippen LogP contribution in [0.4, 0.5) is 5.82 Å². The van der Waals surface area contributed by atoms with Crippen molar-refractivity contribution in [2.75, 3.05) is 38.6 Å². The monoisotopic (exact) mass is 400 g/mol. The highest BCUT2D eigenvalue weighted by atomic mass is 32.1. The third-order valence-electron chi connectivity index (χ3n) is 5.88. The number of hydrogen-bond acceptors (Lipinski definition) is 7. The summed E-state index contributed by atoms with van der Waals surface area (Å²) >= 11 is 1.34. The first-order valence-corrected chi connectivity index (χ1v) is 10.8. The molecule has 7 nitrogen and oxygen atoms in total. The lowest BCUT2D eigenvalue weighted by atomic mass is 9.75. The molecule has 4 rings (SSSR count). The molecule has 0 saturated carbocycles. The summed E-state index contributed by atoms with van der Waals surface area (Å²) in [6.45, 7) is 4.91. The van der Waals surface area contributed by atoms with Gasteiger partial charge in [-0.05, 0) is 51.7 Å². The molecule has 8 heteroatoms. The van der Waals surface area contributed by atoms with Crippen LogP contribution in [0.5, 0.6) is 0 Å². The van der Waals surface area contributed by atoms with Gasteiger partial charge in [0.1, 0.15) is 16.7 Å². The van der Waals surface area contributed by atoms with Crippen molar-refractivity contribution in [2.45, 2.75) is 38.6 Å². The quantitative estimate of drug-likeness (QED) is 0.594. The maximum Gasteiger partial charge on any atom is 0.280 e. The van der Waals surface area contributed by atoms with Gasteiger partial charge in [-0.3, -0.25) is 4.79 Å². The SMILES string of the molecule is CN(C)CCCNC(=O)c1nc2c(N3CCC4(C)CCC=CC34)ncnc2s1. The second kappa shape index (κ2) is 7.75. The Morgan fingerprint density at radius 3 is 3.07 bits per heavy atom.